The molecular formula is C13H15ClN2O3. The van der Waals surface area contributed by atoms with Gasteiger partial charge in [0.15, 0.2) is 0 Å². The molecule has 0 aromatic heterocycles. The number of hydrogen-bond acceptors (Lipinski definition) is 3. The normalized spacial score (nSPS) is 14.8. The van der Waals surface area contributed by atoms with Crippen LogP contribution in [0.2, 0.25) is 5.02 Å². The molecule has 1 fully saturated rings. The summed E-state index contributed by atoms with van der Waals surface area (Å²) < 4.78 is 5.15. The number of ether oxygens (including phenoxy) is 1. The fourth-order valence-corrected chi connectivity index (χ4v) is 2.09. The lowest BCUT2D eigenvalue weighted by molar-refractivity contribution is -0.139. The number of likely N-dealkylation sites (tertiary alicyclic amines) is 1. The maximum absolute atomic E-state index is 12.0. The maximum atomic E-state index is 12.0. The monoisotopic (exact) mass is 282 g/mol. The smallest absolute Gasteiger partial charge is 0.231 e. The fourth-order valence-electron chi connectivity index (χ4n) is 1.91. The zero-order valence-electron chi connectivity index (χ0n) is 10.8. The average molecular weight is 283 g/mol. The highest BCUT2D eigenvalue weighted by molar-refractivity contribution is 6.31. The van der Waals surface area contributed by atoms with Gasteiger partial charge < -0.3 is 15.0 Å². The predicted octanol–water partition coefficient (Wildman–Crippen LogP) is 1.77. The van der Waals surface area contributed by atoms with E-state index in [0.717, 1.165) is 0 Å². The van der Waals surface area contributed by atoms with E-state index in [2.05, 4.69) is 5.32 Å². The van der Waals surface area contributed by atoms with Gasteiger partial charge in [0.05, 0.1) is 18.7 Å². The van der Waals surface area contributed by atoms with E-state index in [9.17, 15) is 9.59 Å². The molecule has 1 aromatic rings. The third-order valence-electron chi connectivity index (χ3n) is 3.12. The highest BCUT2D eigenvalue weighted by Crippen LogP contribution is 2.28. The van der Waals surface area contributed by atoms with E-state index in [4.69, 9.17) is 16.3 Å². The molecule has 1 N–H and O–H groups in total. The first-order valence-electron chi connectivity index (χ1n) is 5.91. The van der Waals surface area contributed by atoms with E-state index in [-0.39, 0.29) is 17.7 Å². The lowest BCUT2D eigenvalue weighted by Crippen LogP contribution is -2.53. The molecule has 0 radical (unpaired) electrons. The predicted molar refractivity (Wildman–Crippen MR) is 72.4 cm³/mol. The zero-order chi connectivity index (χ0) is 14.0. The molecule has 0 bridgehead atoms. The number of anilines is 1. The van der Waals surface area contributed by atoms with Gasteiger partial charge in [0.1, 0.15) is 5.75 Å². The van der Waals surface area contributed by atoms with Gasteiger partial charge in [-0.1, -0.05) is 11.6 Å². The Bertz CT molecular complexity index is 513. The highest BCUT2D eigenvalue weighted by Gasteiger charge is 2.34. The molecule has 2 rings (SSSR count). The van der Waals surface area contributed by atoms with Crippen LogP contribution < -0.4 is 10.1 Å². The van der Waals surface area contributed by atoms with Crippen LogP contribution in [0.5, 0.6) is 5.75 Å². The largest absolute Gasteiger partial charge is 0.495 e. The van der Waals surface area contributed by atoms with Crippen LogP contribution in [-0.2, 0) is 9.59 Å². The second-order valence-corrected chi connectivity index (χ2v) is 4.89. The molecule has 102 valence electrons. The van der Waals surface area contributed by atoms with Crippen LogP contribution in [0.15, 0.2) is 18.2 Å². The molecule has 2 amide bonds. The number of rotatable bonds is 3. The zero-order valence-corrected chi connectivity index (χ0v) is 11.5. The van der Waals surface area contributed by atoms with E-state index >= 15 is 0 Å². The van der Waals surface area contributed by atoms with Crippen molar-refractivity contribution in [3.63, 3.8) is 0 Å². The summed E-state index contributed by atoms with van der Waals surface area (Å²) in [7, 11) is 1.53. The van der Waals surface area contributed by atoms with E-state index in [1.807, 2.05) is 0 Å². The molecule has 19 heavy (non-hydrogen) atoms. The first kappa shape index (κ1) is 13.7. The number of carbonyl (C=O) groups is 2. The Morgan fingerprint density at radius 2 is 2.11 bits per heavy atom. The van der Waals surface area contributed by atoms with Crippen molar-refractivity contribution in [2.75, 3.05) is 25.5 Å². The van der Waals surface area contributed by atoms with Crippen LogP contribution in [0.1, 0.15) is 6.92 Å². The first-order valence-corrected chi connectivity index (χ1v) is 6.29. The minimum atomic E-state index is -0.174. The van der Waals surface area contributed by atoms with E-state index in [1.54, 1.807) is 23.1 Å². The maximum Gasteiger partial charge on any atom is 0.231 e. The van der Waals surface area contributed by atoms with Crippen LogP contribution in [0.25, 0.3) is 0 Å². The molecule has 1 aliphatic heterocycles. The fraction of sp³-hybridized carbons (Fsp3) is 0.385. The van der Waals surface area contributed by atoms with Crippen molar-refractivity contribution >= 4 is 29.1 Å². The summed E-state index contributed by atoms with van der Waals surface area (Å²) in [5.41, 5.74) is 0.543. The quantitative estimate of drug-likeness (QED) is 0.919. The van der Waals surface area contributed by atoms with Gasteiger partial charge >= 0.3 is 0 Å². The molecule has 5 nitrogen and oxygen atoms in total. The van der Waals surface area contributed by atoms with Gasteiger partial charge in [0, 0.05) is 25.0 Å². The third-order valence-corrected chi connectivity index (χ3v) is 3.35. The Balaban J connectivity index is 2.00. The summed E-state index contributed by atoms with van der Waals surface area (Å²) in [5, 5.41) is 3.30. The minimum absolute atomic E-state index is 0.00983. The number of carbonyl (C=O) groups excluding carboxylic acids is 2. The minimum Gasteiger partial charge on any atom is -0.495 e. The van der Waals surface area contributed by atoms with Crippen LogP contribution in [0, 0.1) is 5.92 Å². The summed E-state index contributed by atoms with van der Waals surface area (Å²) in [4.78, 5) is 24.7. The third kappa shape index (κ3) is 2.98. The second kappa shape index (κ2) is 5.48. The van der Waals surface area contributed by atoms with Gasteiger partial charge in [-0.15, -0.1) is 0 Å². The molecule has 0 unspecified atom stereocenters. The molecule has 6 heteroatoms. The summed E-state index contributed by atoms with van der Waals surface area (Å²) in [6.07, 6.45) is 0. The Kier molecular flexibility index (Phi) is 3.95. The van der Waals surface area contributed by atoms with Crippen molar-refractivity contribution < 1.29 is 14.3 Å². The van der Waals surface area contributed by atoms with Crippen molar-refractivity contribution in [1.29, 1.82) is 0 Å². The molecule has 1 heterocycles. The number of hydrogen-bond donors (Lipinski definition) is 1. The molecular weight excluding hydrogens is 268 g/mol. The van der Waals surface area contributed by atoms with Crippen molar-refractivity contribution in [3.05, 3.63) is 23.2 Å². The van der Waals surface area contributed by atoms with Gasteiger partial charge in [-0.3, -0.25) is 9.59 Å². The molecule has 0 aliphatic carbocycles. The topological polar surface area (TPSA) is 58.6 Å². The Labute approximate surface area is 116 Å². The summed E-state index contributed by atoms with van der Waals surface area (Å²) in [6, 6.07) is 5.02. The van der Waals surface area contributed by atoms with Crippen molar-refractivity contribution in [2.45, 2.75) is 6.92 Å². The van der Waals surface area contributed by atoms with Crippen molar-refractivity contribution in [1.82, 2.24) is 4.90 Å². The molecule has 1 aromatic carbocycles. The second-order valence-electron chi connectivity index (χ2n) is 4.45. The number of amides is 2. The first-order chi connectivity index (χ1) is 9.01. The summed E-state index contributed by atoms with van der Waals surface area (Å²) >= 11 is 5.89. The lowest BCUT2D eigenvalue weighted by Gasteiger charge is -2.37. The Morgan fingerprint density at radius 3 is 2.68 bits per heavy atom. The summed E-state index contributed by atoms with van der Waals surface area (Å²) in [5.74, 6) is 0.246. The highest BCUT2D eigenvalue weighted by atomic mass is 35.5. The van der Waals surface area contributed by atoms with E-state index < -0.39 is 0 Å². The van der Waals surface area contributed by atoms with Crippen molar-refractivity contribution in [2.24, 2.45) is 5.92 Å². The lowest BCUT2D eigenvalue weighted by atomic mass is 9.99. The number of halogens is 1. The summed E-state index contributed by atoms with van der Waals surface area (Å²) in [6.45, 7) is 2.42. The van der Waals surface area contributed by atoms with Gasteiger partial charge in [-0.05, 0) is 18.2 Å². The van der Waals surface area contributed by atoms with Crippen LogP contribution in [0.3, 0.4) is 0 Å². The molecule has 1 aliphatic rings. The molecule has 0 atom stereocenters. The number of nitrogens with zero attached hydrogens (tertiary/aromatic N) is 1. The van der Waals surface area contributed by atoms with E-state index in [0.29, 0.717) is 29.5 Å². The average Bonchev–Trinajstić information content (AvgIpc) is 2.26. The molecule has 0 saturated carbocycles. The molecule has 1 saturated heterocycles. The van der Waals surface area contributed by atoms with Crippen LogP contribution in [-0.4, -0.2) is 36.9 Å². The van der Waals surface area contributed by atoms with Gasteiger partial charge in [0.25, 0.3) is 0 Å². The standard InChI is InChI=1S/C13H15ClN2O3/c1-8(17)16-6-9(7-16)13(18)15-11-5-10(14)3-4-12(11)19-2/h3-5,9H,6-7H2,1-2H3,(H,15,18). The van der Waals surface area contributed by atoms with Gasteiger partial charge in [0.2, 0.25) is 11.8 Å². The van der Waals surface area contributed by atoms with Crippen molar-refractivity contribution in [3.8, 4) is 5.75 Å². The number of benzene rings is 1. The SMILES string of the molecule is COc1ccc(Cl)cc1NC(=O)C1CN(C(C)=O)C1. The van der Waals surface area contributed by atoms with Gasteiger partial charge in [-0.25, -0.2) is 0 Å². The number of methoxy groups -OCH3 is 1. The van der Waals surface area contributed by atoms with Crippen LogP contribution in [0.4, 0.5) is 5.69 Å². The van der Waals surface area contributed by atoms with E-state index in [1.165, 1.54) is 14.0 Å². The molecule has 0 spiro atoms. The van der Waals surface area contributed by atoms with Crippen LogP contribution >= 0.6 is 11.6 Å². The Morgan fingerprint density at radius 1 is 1.42 bits per heavy atom. The van der Waals surface area contributed by atoms with Gasteiger partial charge in [-0.2, -0.15) is 0 Å². The number of nitrogens with one attached hydrogen (secondary N) is 1. The Hall–Kier alpha value is -1.75.